The Morgan fingerprint density at radius 2 is 2.00 bits per heavy atom. The van der Waals surface area contributed by atoms with E-state index < -0.39 is 0 Å². The number of benzene rings is 2. The molecular weight excluding hydrogens is 340 g/mol. The van der Waals surface area contributed by atoms with Crippen LogP contribution >= 0.6 is 11.3 Å². The minimum Gasteiger partial charge on any atom is -0.497 e. The van der Waals surface area contributed by atoms with Crippen molar-refractivity contribution in [3.8, 4) is 5.75 Å². The van der Waals surface area contributed by atoms with Crippen LogP contribution in [0.25, 0.3) is 10.2 Å². The van der Waals surface area contributed by atoms with Gasteiger partial charge in [-0.05, 0) is 43.3 Å². The van der Waals surface area contributed by atoms with Crippen molar-refractivity contribution in [2.24, 2.45) is 0 Å². The normalized spacial score (nSPS) is 10.5. The van der Waals surface area contributed by atoms with E-state index in [1.54, 1.807) is 56.5 Å². The fraction of sp³-hybridized carbons (Fsp3) is 0.167. The van der Waals surface area contributed by atoms with Crippen molar-refractivity contribution in [2.45, 2.75) is 6.92 Å². The highest BCUT2D eigenvalue weighted by Crippen LogP contribution is 2.27. The van der Waals surface area contributed by atoms with Crippen LogP contribution in [0.5, 0.6) is 5.75 Å². The third kappa shape index (κ3) is 3.77. The van der Waals surface area contributed by atoms with Crippen LogP contribution in [0.4, 0.5) is 5.13 Å². The van der Waals surface area contributed by atoms with Crippen molar-refractivity contribution in [3.05, 3.63) is 53.6 Å². The molecule has 0 bridgehead atoms. The highest BCUT2D eigenvalue weighted by atomic mass is 32.1. The number of carbonyl (C=O) groups excluding carboxylic acids is 2. The zero-order chi connectivity index (χ0) is 17.8. The van der Waals surface area contributed by atoms with Crippen LogP contribution in [0, 0.1) is 0 Å². The number of ether oxygens (including phenoxy) is 2. The molecule has 1 N–H and O–H groups in total. The predicted octanol–water partition coefficient (Wildman–Crippen LogP) is 3.73. The summed E-state index contributed by atoms with van der Waals surface area (Å²) < 4.78 is 10.9. The molecule has 128 valence electrons. The van der Waals surface area contributed by atoms with Crippen LogP contribution in [0.2, 0.25) is 0 Å². The van der Waals surface area contributed by atoms with E-state index in [4.69, 9.17) is 9.47 Å². The fourth-order valence-electron chi connectivity index (χ4n) is 2.25. The van der Waals surface area contributed by atoms with Crippen molar-refractivity contribution >= 4 is 38.6 Å². The lowest BCUT2D eigenvalue weighted by Gasteiger charge is -2.03. The van der Waals surface area contributed by atoms with Crippen molar-refractivity contribution in [1.82, 2.24) is 4.98 Å². The average molecular weight is 356 g/mol. The second-order valence-corrected chi connectivity index (χ2v) is 6.14. The van der Waals surface area contributed by atoms with Gasteiger partial charge < -0.3 is 9.47 Å². The number of carbonyl (C=O) groups is 2. The lowest BCUT2D eigenvalue weighted by molar-refractivity contribution is 0.0526. The first-order chi connectivity index (χ1) is 12.1. The number of rotatable bonds is 5. The van der Waals surface area contributed by atoms with Crippen molar-refractivity contribution in [2.75, 3.05) is 19.0 Å². The largest absolute Gasteiger partial charge is 0.497 e. The SMILES string of the molecule is CCOC(=O)c1ccc2nc(NC(=O)c3cccc(OC)c3)sc2c1. The smallest absolute Gasteiger partial charge is 0.338 e. The number of methoxy groups -OCH3 is 1. The van der Waals surface area contributed by atoms with Gasteiger partial charge in [-0.15, -0.1) is 0 Å². The first-order valence-corrected chi connectivity index (χ1v) is 8.45. The molecule has 0 saturated carbocycles. The van der Waals surface area contributed by atoms with E-state index in [-0.39, 0.29) is 11.9 Å². The minimum atomic E-state index is -0.375. The summed E-state index contributed by atoms with van der Waals surface area (Å²) in [6, 6.07) is 12.0. The molecular formula is C18H16N2O4S. The summed E-state index contributed by atoms with van der Waals surface area (Å²) in [6.45, 7) is 2.08. The topological polar surface area (TPSA) is 77.5 Å². The first-order valence-electron chi connectivity index (χ1n) is 7.64. The highest BCUT2D eigenvalue weighted by molar-refractivity contribution is 7.22. The number of anilines is 1. The maximum Gasteiger partial charge on any atom is 0.338 e. The Balaban J connectivity index is 1.81. The van der Waals surface area contributed by atoms with Crippen molar-refractivity contribution < 1.29 is 19.1 Å². The molecule has 1 heterocycles. The van der Waals surface area contributed by atoms with Gasteiger partial charge in [0.05, 0.1) is 29.5 Å². The summed E-state index contributed by atoms with van der Waals surface area (Å²) in [7, 11) is 1.55. The van der Waals surface area contributed by atoms with Crippen LogP contribution in [0.15, 0.2) is 42.5 Å². The molecule has 0 aliphatic rings. The third-order valence-electron chi connectivity index (χ3n) is 3.45. The van der Waals surface area contributed by atoms with Crippen LogP contribution < -0.4 is 10.1 Å². The lowest BCUT2D eigenvalue weighted by atomic mass is 10.2. The predicted molar refractivity (Wildman–Crippen MR) is 96.5 cm³/mol. The summed E-state index contributed by atoms with van der Waals surface area (Å²) >= 11 is 1.30. The second kappa shape index (κ2) is 7.31. The van der Waals surface area contributed by atoms with Gasteiger partial charge in [-0.25, -0.2) is 9.78 Å². The first kappa shape index (κ1) is 16.9. The maximum absolute atomic E-state index is 12.3. The second-order valence-electron chi connectivity index (χ2n) is 5.11. The maximum atomic E-state index is 12.3. The molecule has 3 aromatic rings. The number of thiazole rings is 1. The number of aromatic nitrogens is 1. The zero-order valence-corrected chi connectivity index (χ0v) is 14.6. The molecule has 0 saturated heterocycles. The number of amides is 1. The molecule has 0 atom stereocenters. The summed E-state index contributed by atoms with van der Waals surface area (Å²) in [5.74, 6) is -0.0423. The molecule has 1 amide bonds. The van der Waals surface area contributed by atoms with E-state index in [1.165, 1.54) is 11.3 Å². The Morgan fingerprint density at radius 1 is 1.16 bits per heavy atom. The van der Waals surface area contributed by atoms with Crippen LogP contribution in [0.1, 0.15) is 27.6 Å². The summed E-state index contributed by atoms with van der Waals surface area (Å²) in [5, 5.41) is 3.23. The standard InChI is InChI=1S/C18H16N2O4S/c1-3-24-17(22)12-7-8-14-15(10-12)25-18(19-14)20-16(21)11-5-4-6-13(9-11)23-2/h4-10H,3H2,1-2H3,(H,19,20,21). The molecule has 0 aliphatic carbocycles. The molecule has 3 rings (SSSR count). The molecule has 0 aliphatic heterocycles. The molecule has 0 unspecified atom stereocenters. The number of hydrogen-bond acceptors (Lipinski definition) is 6. The van der Waals surface area contributed by atoms with E-state index in [0.717, 1.165) is 4.70 Å². The lowest BCUT2D eigenvalue weighted by Crippen LogP contribution is -2.11. The number of hydrogen-bond donors (Lipinski definition) is 1. The molecule has 2 aromatic carbocycles. The molecule has 25 heavy (non-hydrogen) atoms. The highest BCUT2D eigenvalue weighted by Gasteiger charge is 2.13. The van der Waals surface area contributed by atoms with Crippen LogP contribution in [-0.2, 0) is 4.74 Å². The quantitative estimate of drug-likeness (QED) is 0.705. The van der Waals surface area contributed by atoms with Gasteiger partial charge in [0.25, 0.3) is 5.91 Å². The van der Waals surface area contributed by atoms with E-state index in [9.17, 15) is 9.59 Å². The molecule has 6 nitrogen and oxygen atoms in total. The molecule has 0 radical (unpaired) electrons. The average Bonchev–Trinajstić information content (AvgIpc) is 3.03. The van der Waals surface area contributed by atoms with E-state index in [1.807, 2.05) is 0 Å². The molecule has 0 spiro atoms. The summed E-state index contributed by atoms with van der Waals surface area (Å²) in [5.41, 5.74) is 1.65. The van der Waals surface area contributed by atoms with Crippen LogP contribution in [-0.4, -0.2) is 30.6 Å². The Bertz CT molecular complexity index is 936. The van der Waals surface area contributed by atoms with Gasteiger partial charge in [0.15, 0.2) is 5.13 Å². The van der Waals surface area contributed by atoms with Crippen molar-refractivity contribution in [1.29, 1.82) is 0 Å². The molecule has 0 fully saturated rings. The van der Waals surface area contributed by atoms with Gasteiger partial charge in [0, 0.05) is 5.56 Å². The third-order valence-corrected chi connectivity index (χ3v) is 4.39. The number of esters is 1. The molecule has 7 heteroatoms. The Morgan fingerprint density at radius 3 is 2.76 bits per heavy atom. The van der Waals surface area contributed by atoms with Crippen LogP contribution in [0.3, 0.4) is 0 Å². The van der Waals surface area contributed by atoms with Gasteiger partial charge >= 0.3 is 5.97 Å². The Hall–Kier alpha value is -2.93. The Kier molecular flexibility index (Phi) is 4.95. The number of nitrogens with zero attached hydrogens (tertiary/aromatic N) is 1. The number of nitrogens with one attached hydrogen (secondary N) is 1. The minimum absolute atomic E-state index is 0.274. The monoisotopic (exact) mass is 356 g/mol. The number of fused-ring (bicyclic) bond motifs is 1. The fourth-order valence-corrected chi connectivity index (χ4v) is 3.15. The van der Waals surface area contributed by atoms with E-state index in [0.29, 0.717) is 34.1 Å². The summed E-state index contributed by atoms with van der Waals surface area (Å²) in [6.07, 6.45) is 0. The molecule has 1 aromatic heterocycles. The van der Waals surface area contributed by atoms with Crippen molar-refractivity contribution in [3.63, 3.8) is 0 Å². The summed E-state index contributed by atoms with van der Waals surface area (Å²) in [4.78, 5) is 28.5. The van der Waals surface area contributed by atoms with Gasteiger partial charge in [-0.1, -0.05) is 17.4 Å². The van der Waals surface area contributed by atoms with Gasteiger partial charge in [-0.2, -0.15) is 0 Å². The van der Waals surface area contributed by atoms with E-state index >= 15 is 0 Å². The van der Waals surface area contributed by atoms with Gasteiger partial charge in [-0.3, -0.25) is 10.1 Å². The van der Waals surface area contributed by atoms with E-state index in [2.05, 4.69) is 10.3 Å². The van der Waals surface area contributed by atoms with Gasteiger partial charge in [0.1, 0.15) is 5.75 Å². The van der Waals surface area contributed by atoms with Gasteiger partial charge in [0.2, 0.25) is 0 Å². The Labute approximate surface area is 148 Å². The zero-order valence-electron chi connectivity index (χ0n) is 13.7.